The van der Waals surface area contributed by atoms with E-state index in [0.29, 0.717) is 11.5 Å². The van der Waals surface area contributed by atoms with Crippen LogP contribution < -0.4 is 0 Å². The van der Waals surface area contributed by atoms with Crippen molar-refractivity contribution in [3.8, 4) is 33.8 Å². The Balaban J connectivity index is 0.000000122. The van der Waals surface area contributed by atoms with Crippen LogP contribution in [0.25, 0.3) is 33.0 Å². The Kier molecular flexibility index (Phi) is 13.0. The second-order valence-electron chi connectivity index (χ2n) is 11.2. The van der Waals surface area contributed by atoms with Crippen molar-refractivity contribution in [1.82, 2.24) is 0 Å². The number of fused-ring (bicyclic) bond motifs is 4. The lowest BCUT2D eigenvalue weighted by Gasteiger charge is -1.98. The second-order valence-corrected chi connectivity index (χ2v) is 11.2. The normalized spacial score (nSPS) is 10.1. The number of rotatable bonds is 1. The standard InChI is InChI=1S/C13H10.C12H10.C10H8.2C6H6O/c1-3-7-12-10(5-1)9-11-6-2-4-8-13(11)12;1-3-7-11(8-4-1)12-9-5-2-6-10-12;1-2-6-10-8-4-3-7-9(10)5-1;2*7-6-4-2-1-3-5-6/h1-8H,9H2;1-10H;1-8H;2*1-5,7H. The van der Waals surface area contributed by atoms with Gasteiger partial charge in [-0.1, -0.05) is 194 Å². The van der Waals surface area contributed by atoms with E-state index in [1.807, 2.05) is 24.3 Å². The molecule has 0 aromatic heterocycles. The van der Waals surface area contributed by atoms with E-state index < -0.39 is 0 Å². The average Bonchev–Trinajstić information content (AvgIpc) is 3.56. The van der Waals surface area contributed by atoms with Crippen LogP contribution in [0.1, 0.15) is 11.1 Å². The van der Waals surface area contributed by atoms with Crippen LogP contribution in [0.5, 0.6) is 11.5 Å². The summed E-state index contributed by atoms with van der Waals surface area (Å²) >= 11 is 0. The molecule has 0 atom stereocenters. The fraction of sp³-hybridized carbons (Fsp3) is 0.0213. The topological polar surface area (TPSA) is 40.5 Å². The van der Waals surface area contributed by atoms with E-state index in [9.17, 15) is 0 Å². The highest BCUT2D eigenvalue weighted by Gasteiger charge is 2.15. The van der Waals surface area contributed by atoms with Crippen molar-refractivity contribution in [3.63, 3.8) is 0 Å². The number of hydrogen-bond donors (Lipinski definition) is 2. The number of phenolic OH excluding ortho intramolecular Hbond substituents is 2. The van der Waals surface area contributed by atoms with E-state index in [4.69, 9.17) is 10.2 Å². The summed E-state index contributed by atoms with van der Waals surface area (Å²) in [5.74, 6) is 0.644. The lowest BCUT2D eigenvalue weighted by atomic mass is 10.1. The Morgan fingerprint density at radius 1 is 0.265 bits per heavy atom. The van der Waals surface area contributed by atoms with E-state index in [1.54, 1.807) is 48.5 Å². The van der Waals surface area contributed by atoms with Crippen LogP contribution in [0.15, 0.2) is 218 Å². The van der Waals surface area contributed by atoms with Gasteiger partial charge in [0.05, 0.1) is 0 Å². The van der Waals surface area contributed by atoms with Gasteiger partial charge in [0.25, 0.3) is 0 Å². The Labute approximate surface area is 289 Å². The van der Waals surface area contributed by atoms with Crippen molar-refractivity contribution < 1.29 is 10.2 Å². The first-order valence-corrected chi connectivity index (χ1v) is 16.4. The third kappa shape index (κ3) is 10.8. The maximum Gasteiger partial charge on any atom is 0.115 e. The predicted octanol–water partition coefficient (Wildman–Crippen LogP) is 12.2. The van der Waals surface area contributed by atoms with Crippen LogP contribution in [-0.4, -0.2) is 10.2 Å². The molecule has 0 heterocycles. The Morgan fingerprint density at radius 2 is 0.531 bits per heavy atom. The predicted molar refractivity (Wildman–Crippen MR) is 207 cm³/mol. The van der Waals surface area contributed by atoms with Gasteiger partial charge in [-0.15, -0.1) is 0 Å². The largest absolute Gasteiger partial charge is 0.508 e. The minimum atomic E-state index is 0.322. The highest BCUT2D eigenvalue weighted by molar-refractivity contribution is 5.82. The lowest BCUT2D eigenvalue weighted by molar-refractivity contribution is 0.475. The van der Waals surface area contributed by atoms with E-state index in [2.05, 4.69) is 146 Å². The third-order valence-corrected chi connectivity index (χ3v) is 7.76. The molecule has 2 heteroatoms. The maximum atomic E-state index is 8.63. The number of hydrogen-bond acceptors (Lipinski definition) is 2. The van der Waals surface area contributed by atoms with Crippen molar-refractivity contribution in [2.24, 2.45) is 0 Å². The summed E-state index contributed by atoms with van der Waals surface area (Å²) in [5, 5.41) is 19.9. The van der Waals surface area contributed by atoms with E-state index in [0.717, 1.165) is 6.42 Å². The minimum absolute atomic E-state index is 0.322. The molecule has 1 aliphatic rings. The Hall–Kier alpha value is -6.38. The molecule has 9 rings (SSSR count). The van der Waals surface area contributed by atoms with E-state index >= 15 is 0 Å². The smallest absolute Gasteiger partial charge is 0.115 e. The molecule has 2 nitrogen and oxygen atoms in total. The quantitative estimate of drug-likeness (QED) is 0.188. The van der Waals surface area contributed by atoms with Gasteiger partial charge in [-0.2, -0.15) is 0 Å². The van der Waals surface area contributed by atoms with Gasteiger partial charge in [0.2, 0.25) is 0 Å². The molecular weight excluding hydrogens is 597 g/mol. The Bertz CT molecular complexity index is 1910. The third-order valence-electron chi connectivity index (χ3n) is 7.76. The average molecular weight is 637 g/mol. The summed E-state index contributed by atoms with van der Waals surface area (Å²) in [6.07, 6.45) is 1.10. The summed E-state index contributed by atoms with van der Waals surface area (Å²) in [6.45, 7) is 0. The molecule has 0 saturated carbocycles. The van der Waals surface area contributed by atoms with E-state index in [1.165, 1.54) is 44.2 Å². The highest BCUT2D eigenvalue weighted by atomic mass is 16.3. The molecule has 0 amide bonds. The van der Waals surface area contributed by atoms with E-state index in [-0.39, 0.29) is 0 Å². The summed E-state index contributed by atoms with van der Waals surface area (Å²) in [7, 11) is 0. The Morgan fingerprint density at radius 3 is 0.837 bits per heavy atom. The zero-order chi connectivity index (χ0) is 33.9. The monoisotopic (exact) mass is 636 g/mol. The molecule has 1 aliphatic carbocycles. The van der Waals surface area contributed by atoms with Crippen LogP contribution in [-0.2, 0) is 6.42 Å². The van der Waals surface area contributed by atoms with Crippen LogP contribution in [0.2, 0.25) is 0 Å². The molecule has 49 heavy (non-hydrogen) atoms. The van der Waals surface area contributed by atoms with Crippen LogP contribution in [0, 0.1) is 0 Å². The molecule has 0 radical (unpaired) electrons. The van der Waals surface area contributed by atoms with Crippen molar-refractivity contribution >= 4 is 10.8 Å². The zero-order valence-corrected chi connectivity index (χ0v) is 27.4. The van der Waals surface area contributed by atoms with Gasteiger partial charge in [0, 0.05) is 0 Å². The van der Waals surface area contributed by atoms with Crippen molar-refractivity contribution in [2.75, 3.05) is 0 Å². The molecule has 0 saturated heterocycles. The summed E-state index contributed by atoms with van der Waals surface area (Å²) in [4.78, 5) is 0. The number of para-hydroxylation sites is 2. The van der Waals surface area contributed by atoms with Gasteiger partial charge in [0.1, 0.15) is 11.5 Å². The molecule has 8 aromatic carbocycles. The first kappa shape index (κ1) is 34.0. The molecule has 2 N–H and O–H groups in total. The lowest BCUT2D eigenvalue weighted by Crippen LogP contribution is -1.77. The fourth-order valence-electron chi connectivity index (χ4n) is 5.33. The number of benzene rings is 8. The van der Waals surface area contributed by atoms with Crippen LogP contribution >= 0.6 is 0 Å². The van der Waals surface area contributed by atoms with Gasteiger partial charge < -0.3 is 10.2 Å². The second kappa shape index (κ2) is 18.7. The zero-order valence-electron chi connectivity index (χ0n) is 27.4. The van der Waals surface area contributed by atoms with Crippen molar-refractivity contribution in [1.29, 1.82) is 0 Å². The maximum absolute atomic E-state index is 8.63. The highest BCUT2D eigenvalue weighted by Crippen LogP contribution is 2.35. The van der Waals surface area contributed by atoms with Crippen LogP contribution in [0.4, 0.5) is 0 Å². The molecular formula is C47H40O2. The van der Waals surface area contributed by atoms with Crippen LogP contribution in [0.3, 0.4) is 0 Å². The summed E-state index contributed by atoms with van der Waals surface area (Å²) < 4.78 is 0. The first-order chi connectivity index (χ1) is 24.2. The number of aromatic hydroxyl groups is 2. The molecule has 8 aromatic rings. The molecule has 240 valence electrons. The van der Waals surface area contributed by atoms with Crippen molar-refractivity contribution in [2.45, 2.75) is 6.42 Å². The van der Waals surface area contributed by atoms with Gasteiger partial charge >= 0.3 is 0 Å². The van der Waals surface area contributed by atoms with Crippen molar-refractivity contribution in [3.05, 3.63) is 230 Å². The van der Waals surface area contributed by atoms with Gasteiger partial charge in [-0.05, 0) is 74.8 Å². The summed E-state index contributed by atoms with van der Waals surface area (Å²) in [6, 6.07) is 72.2. The molecule has 0 unspecified atom stereocenters. The number of phenols is 2. The fourth-order valence-corrected chi connectivity index (χ4v) is 5.33. The van der Waals surface area contributed by atoms with Gasteiger partial charge in [-0.3, -0.25) is 0 Å². The summed E-state index contributed by atoms with van der Waals surface area (Å²) in [5.41, 5.74) is 8.31. The molecule has 0 spiro atoms. The van der Waals surface area contributed by atoms with Gasteiger partial charge in [-0.25, -0.2) is 0 Å². The first-order valence-electron chi connectivity index (χ1n) is 16.4. The molecule has 0 fully saturated rings. The SMILES string of the molecule is Oc1ccccc1.Oc1ccccc1.c1ccc(-c2ccccc2)cc1.c1ccc2c(c1)Cc1ccccc1-2.c1ccc2ccccc2c1. The molecule has 0 aliphatic heterocycles. The molecule has 0 bridgehead atoms. The van der Waals surface area contributed by atoms with Gasteiger partial charge in [0.15, 0.2) is 0 Å². The minimum Gasteiger partial charge on any atom is -0.508 e.